The third-order valence-electron chi connectivity index (χ3n) is 2.28. The van der Waals surface area contributed by atoms with Gasteiger partial charge in [0.25, 0.3) is 0 Å². The van der Waals surface area contributed by atoms with Crippen molar-refractivity contribution in [3.05, 3.63) is 47.7 Å². The van der Waals surface area contributed by atoms with Gasteiger partial charge in [0.2, 0.25) is 0 Å². The number of pyridine rings is 1. The second-order valence-corrected chi connectivity index (χ2v) is 4.72. The maximum absolute atomic E-state index is 5.99. The molecule has 0 aliphatic rings. The number of aromatic nitrogens is 2. The van der Waals surface area contributed by atoms with Gasteiger partial charge in [-0.1, -0.05) is 41.9 Å². The van der Waals surface area contributed by atoms with Gasteiger partial charge < -0.3 is 0 Å². The minimum atomic E-state index is 0.468. The Morgan fingerprint density at radius 2 is 1.88 bits per heavy atom. The molecule has 2 nitrogen and oxygen atoms in total. The van der Waals surface area contributed by atoms with E-state index in [1.54, 1.807) is 17.5 Å². The normalized spacial score (nSPS) is 10.8. The number of rotatable bonds is 1. The first-order valence-electron chi connectivity index (χ1n) is 4.81. The van der Waals surface area contributed by atoms with Crippen molar-refractivity contribution in [2.45, 2.75) is 0 Å². The molecule has 0 saturated carbocycles. The molecule has 2 heterocycles. The van der Waals surface area contributed by atoms with Gasteiger partial charge in [-0.15, -0.1) is 11.3 Å². The summed E-state index contributed by atoms with van der Waals surface area (Å²) in [6, 6.07) is 12.0. The van der Waals surface area contributed by atoms with Crippen molar-refractivity contribution in [2.75, 3.05) is 0 Å². The summed E-state index contributed by atoms with van der Waals surface area (Å²) in [5.41, 5.74) is 1.90. The van der Waals surface area contributed by atoms with Crippen LogP contribution in [0.3, 0.4) is 0 Å². The molecule has 0 aliphatic carbocycles. The maximum Gasteiger partial charge on any atom is 0.156 e. The Kier molecular flexibility index (Phi) is 2.35. The van der Waals surface area contributed by atoms with Crippen LogP contribution in [-0.2, 0) is 0 Å². The first kappa shape index (κ1) is 9.75. The van der Waals surface area contributed by atoms with Gasteiger partial charge in [0.05, 0.1) is 4.70 Å². The van der Waals surface area contributed by atoms with E-state index in [0.29, 0.717) is 5.15 Å². The summed E-state index contributed by atoms with van der Waals surface area (Å²) >= 11 is 7.62. The summed E-state index contributed by atoms with van der Waals surface area (Å²) in [7, 11) is 0. The molecule has 0 amide bonds. The van der Waals surface area contributed by atoms with Crippen LogP contribution in [0.25, 0.3) is 20.8 Å². The molecule has 0 aliphatic heterocycles. The molecule has 0 fully saturated rings. The fraction of sp³-hybridized carbons (Fsp3) is 0. The highest BCUT2D eigenvalue weighted by Gasteiger charge is 2.08. The summed E-state index contributed by atoms with van der Waals surface area (Å²) in [5.74, 6) is 0. The zero-order valence-electron chi connectivity index (χ0n) is 8.22. The fourth-order valence-corrected chi connectivity index (χ4v) is 2.75. The lowest BCUT2D eigenvalue weighted by Gasteiger charge is -1.92. The zero-order valence-corrected chi connectivity index (χ0v) is 9.79. The molecule has 1 aromatic carbocycles. The van der Waals surface area contributed by atoms with Gasteiger partial charge in [0, 0.05) is 11.8 Å². The van der Waals surface area contributed by atoms with E-state index in [9.17, 15) is 0 Å². The Morgan fingerprint density at radius 3 is 2.62 bits per heavy atom. The standard InChI is InChI=1S/C12H7ClN2S/c13-11-10-9(6-7-14-11)16-12(15-10)8-4-2-1-3-5-8/h1-7H. The highest BCUT2D eigenvalue weighted by atomic mass is 35.5. The summed E-state index contributed by atoms with van der Waals surface area (Å²) in [6.07, 6.45) is 1.71. The van der Waals surface area contributed by atoms with E-state index >= 15 is 0 Å². The van der Waals surface area contributed by atoms with Crippen LogP contribution in [-0.4, -0.2) is 9.97 Å². The molecule has 3 rings (SSSR count). The SMILES string of the molecule is Clc1nccc2sc(-c3ccccc3)nc12. The quantitative estimate of drug-likeness (QED) is 0.607. The summed E-state index contributed by atoms with van der Waals surface area (Å²) < 4.78 is 1.07. The highest BCUT2D eigenvalue weighted by molar-refractivity contribution is 7.21. The average Bonchev–Trinajstić information content (AvgIpc) is 2.76. The summed E-state index contributed by atoms with van der Waals surface area (Å²) in [5, 5.41) is 1.45. The molecule has 3 aromatic rings. The number of thiazole rings is 1. The first-order valence-corrected chi connectivity index (χ1v) is 6.00. The van der Waals surface area contributed by atoms with Crippen molar-refractivity contribution >= 4 is 33.2 Å². The minimum Gasteiger partial charge on any atom is -0.242 e. The summed E-state index contributed by atoms with van der Waals surface area (Å²) in [6.45, 7) is 0. The number of hydrogen-bond donors (Lipinski definition) is 0. The second-order valence-electron chi connectivity index (χ2n) is 3.33. The van der Waals surface area contributed by atoms with Gasteiger partial charge in [0.1, 0.15) is 10.5 Å². The van der Waals surface area contributed by atoms with Crippen LogP contribution in [0.4, 0.5) is 0 Å². The Bertz CT molecular complexity index is 634. The Hall–Kier alpha value is -1.45. The third-order valence-corrected chi connectivity index (χ3v) is 3.63. The number of halogens is 1. The molecule has 16 heavy (non-hydrogen) atoms. The van der Waals surface area contributed by atoms with E-state index < -0.39 is 0 Å². The largest absolute Gasteiger partial charge is 0.242 e. The van der Waals surface area contributed by atoms with E-state index in [2.05, 4.69) is 9.97 Å². The predicted molar refractivity (Wildman–Crippen MR) is 67.9 cm³/mol. The van der Waals surface area contributed by atoms with E-state index in [-0.39, 0.29) is 0 Å². The maximum atomic E-state index is 5.99. The number of benzene rings is 1. The van der Waals surface area contributed by atoms with E-state index in [0.717, 1.165) is 20.8 Å². The van der Waals surface area contributed by atoms with Crippen LogP contribution in [0.1, 0.15) is 0 Å². The van der Waals surface area contributed by atoms with Crippen LogP contribution in [0.5, 0.6) is 0 Å². The molecule has 0 atom stereocenters. The van der Waals surface area contributed by atoms with Crippen molar-refractivity contribution in [2.24, 2.45) is 0 Å². The lowest BCUT2D eigenvalue weighted by atomic mass is 10.2. The van der Waals surface area contributed by atoms with Gasteiger partial charge in [-0.2, -0.15) is 0 Å². The van der Waals surface area contributed by atoms with E-state index in [1.165, 1.54) is 0 Å². The smallest absolute Gasteiger partial charge is 0.156 e. The van der Waals surface area contributed by atoms with Crippen LogP contribution in [0, 0.1) is 0 Å². The van der Waals surface area contributed by atoms with Crippen molar-refractivity contribution < 1.29 is 0 Å². The van der Waals surface area contributed by atoms with E-state index in [1.807, 2.05) is 36.4 Å². The molecule has 0 N–H and O–H groups in total. The Balaban J connectivity index is 2.23. The molecule has 2 aromatic heterocycles. The van der Waals surface area contributed by atoms with Crippen molar-refractivity contribution in [3.63, 3.8) is 0 Å². The van der Waals surface area contributed by atoms with Gasteiger partial charge in [-0.3, -0.25) is 0 Å². The average molecular weight is 247 g/mol. The van der Waals surface area contributed by atoms with Crippen LogP contribution < -0.4 is 0 Å². The first-order chi connectivity index (χ1) is 7.84. The highest BCUT2D eigenvalue weighted by Crippen LogP contribution is 2.32. The summed E-state index contributed by atoms with van der Waals surface area (Å²) in [4.78, 5) is 8.53. The Morgan fingerprint density at radius 1 is 1.06 bits per heavy atom. The lowest BCUT2D eigenvalue weighted by Crippen LogP contribution is -1.77. The molecule has 0 unspecified atom stereocenters. The van der Waals surface area contributed by atoms with Crippen molar-refractivity contribution in [3.8, 4) is 10.6 Å². The fourth-order valence-electron chi connectivity index (χ4n) is 1.53. The third kappa shape index (κ3) is 1.58. The lowest BCUT2D eigenvalue weighted by molar-refractivity contribution is 1.34. The van der Waals surface area contributed by atoms with Crippen molar-refractivity contribution in [1.29, 1.82) is 0 Å². The van der Waals surface area contributed by atoms with Gasteiger partial charge in [-0.05, 0) is 6.07 Å². The van der Waals surface area contributed by atoms with E-state index in [4.69, 9.17) is 11.6 Å². The predicted octanol–water partition coefficient (Wildman–Crippen LogP) is 4.01. The molecule has 0 bridgehead atoms. The molecule has 0 radical (unpaired) electrons. The van der Waals surface area contributed by atoms with Crippen LogP contribution >= 0.6 is 22.9 Å². The number of nitrogens with zero attached hydrogens (tertiary/aromatic N) is 2. The molecular formula is C12H7ClN2S. The van der Waals surface area contributed by atoms with Gasteiger partial charge in [-0.25, -0.2) is 9.97 Å². The van der Waals surface area contributed by atoms with Gasteiger partial charge in [0.15, 0.2) is 5.15 Å². The Labute approximate surface area is 102 Å². The molecular weight excluding hydrogens is 240 g/mol. The molecule has 78 valence electrons. The number of hydrogen-bond acceptors (Lipinski definition) is 3. The van der Waals surface area contributed by atoms with Crippen molar-refractivity contribution in [1.82, 2.24) is 9.97 Å². The minimum absolute atomic E-state index is 0.468. The van der Waals surface area contributed by atoms with Gasteiger partial charge >= 0.3 is 0 Å². The zero-order chi connectivity index (χ0) is 11.0. The topological polar surface area (TPSA) is 25.8 Å². The molecule has 0 spiro atoms. The second kappa shape index (κ2) is 3.85. The van der Waals surface area contributed by atoms with Crippen LogP contribution in [0.2, 0.25) is 5.15 Å². The number of fused-ring (bicyclic) bond motifs is 1. The molecule has 0 saturated heterocycles. The van der Waals surface area contributed by atoms with Crippen LogP contribution in [0.15, 0.2) is 42.6 Å². The molecule has 4 heteroatoms. The monoisotopic (exact) mass is 246 g/mol.